The lowest BCUT2D eigenvalue weighted by Gasteiger charge is -2.45. The number of rotatable bonds is 18. The fourth-order valence-electron chi connectivity index (χ4n) is 7.53. The van der Waals surface area contributed by atoms with E-state index < -0.39 is 72.3 Å². The molecule has 2 aromatic carbocycles. The Kier molecular flexibility index (Phi) is 15.3. The zero-order chi connectivity index (χ0) is 40.6. The van der Waals surface area contributed by atoms with Crippen molar-refractivity contribution in [2.75, 3.05) is 20.3 Å². The number of esters is 1. The largest absolute Gasteiger partial charge is 0.461 e. The molecule has 2 amide bonds. The van der Waals surface area contributed by atoms with Crippen LogP contribution < -0.4 is 0 Å². The second kappa shape index (κ2) is 19.7. The van der Waals surface area contributed by atoms with Crippen LogP contribution in [0.2, 0.25) is 0 Å². The quantitative estimate of drug-likeness (QED) is 0.105. The topological polar surface area (TPSA) is 152 Å². The number of imide groups is 1. The molecule has 2 fully saturated rings. The van der Waals surface area contributed by atoms with Gasteiger partial charge in [-0.25, -0.2) is 9.69 Å². The average molecular weight is 845 g/mol. The van der Waals surface area contributed by atoms with Gasteiger partial charge in [-0.05, 0) is 66.2 Å². The predicted molar refractivity (Wildman–Crippen MR) is 207 cm³/mol. The highest BCUT2D eigenvalue weighted by molar-refractivity contribution is 9.10. The molecule has 0 unspecified atom stereocenters. The second-order valence-corrected chi connectivity index (χ2v) is 15.9. The third-order valence-electron chi connectivity index (χ3n) is 10.0. The number of aliphatic hydroxyl groups is 1. The molecule has 2 aliphatic heterocycles. The van der Waals surface area contributed by atoms with E-state index >= 15 is 0 Å². The Morgan fingerprint density at radius 2 is 1.54 bits per heavy atom. The van der Waals surface area contributed by atoms with Gasteiger partial charge in [-0.15, -0.1) is 0 Å². The van der Waals surface area contributed by atoms with E-state index in [1.165, 1.54) is 14.0 Å². The van der Waals surface area contributed by atoms with Gasteiger partial charge >= 0.3 is 12.1 Å². The monoisotopic (exact) mass is 843 g/mol. The van der Waals surface area contributed by atoms with Crippen molar-refractivity contribution in [2.45, 2.75) is 116 Å². The molecule has 2 saturated heterocycles. The second-order valence-electron chi connectivity index (χ2n) is 15.0. The molecule has 3 heterocycles. The summed E-state index contributed by atoms with van der Waals surface area (Å²) in [5, 5.41) is 10.4. The minimum absolute atomic E-state index is 0.0831. The van der Waals surface area contributed by atoms with Crippen LogP contribution in [-0.4, -0.2) is 90.6 Å². The number of aliphatic hydroxyl groups excluding tert-OH is 1. The van der Waals surface area contributed by atoms with Gasteiger partial charge in [-0.1, -0.05) is 74.5 Å². The molecule has 8 atom stereocenters. The van der Waals surface area contributed by atoms with Crippen LogP contribution in [0.1, 0.15) is 76.7 Å². The first-order chi connectivity index (χ1) is 26.7. The highest BCUT2D eigenvalue weighted by atomic mass is 79.9. The number of benzene rings is 2. The van der Waals surface area contributed by atoms with Crippen LogP contribution in [0.15, 0.2) is 75.6 Å². The van der Waals surface area contributed by atoms with Crippen molar-refractivity contribution in [3.63, 3.8) is 0 Å². The molecule has 1 N–H and O–H groups in total. The number of furan rings is 1. The SMILES string of the molecule is CO[C@H]1O[C@H](CO)[C@@H](OCc2ccccc2)[C@H](OCc2ccccc2)[C@@H]1OCCCc1oc([C@H](OC(C)=O)[C@@H](C)C(=O)N2C(=O)OC(C)(C)[C@H]2C(C)C)cc1Br. The summed E-state index contributed by atoms with van der Waals surface area (Å²) >= 11 is 3.57. The number of ether oxygens (including phenoxy) is 7. The summed E-state index contributed by atoms with van der Waals surface area (Å²) in [6.45, 7) is 10.7. The molecule has 5 rings (SSSR count). The first kappa shape index (κ1) is 43.5. The molecule has 56 heavy (non-hydrogen) atoms. The highest BCUT2D eigenvalue weighted by Gasteiger charge is 2.54. The fraction of sp³-hybridized carbons (Fsp3) is 0.548. The maximum absolute atomic E-state index is 13.9. The molecule has 0 aliphatic carbocycles. The Morgan fingerprint density at radius 1 is 0.929 bits per heavy atom. The molecule has 0 radical (unpaired) electrons. The lowest BCUT2D eigenvalue weighted by Crippen LogP contribution is -2.61. The van der Waals surface area contributed by atoms with Gasteiger partial charge in [0.1, 0.15) is 41.5 Å². The van der Waals surface area contributed by atoms with E-state index in [0.717, 1.165) is 16.0 Å². The first-order valence-corrected chi connectivity index (χ1v) is 19.8. The Balaban J connectivity index is 1.29. The summed E-state index contributed by atoms with van der Waals surface area (Å²) in [6.07, 6.45) is -4.62. The first-order valence-electron chi connectivity index (χ1n) is 19.0. The van der Waals surface area contributed by atoms with Gasteiger partial charge in [0.25, 0.3) is 0 Å². The van der Waals surface area contributed by atoms with Crippen LogP contribution in [0.5, 0.6) is 0 Å². The molecule has 2 aliphatic rings. The number of hydrogen-bond donors (Lipinski definition) is 1. The van der Waals surface area contributed by atoms with Crippen molar-refractivity contribution in [1.29, 1.82) is 0 Å². The Bertz CT molecular complexity index is 1730. The van der Waals surface area contributed by atoms with Crippen molar-refractivity contribution in [1.82, 2.24) is 4.90 Å². The highest BCUT2D eigenvalue weighted by Crippen LogP contribution is 2.39. The molecular weight excluding hydrogens is 790 g/mol. The summed E-state index contributed by atoms with van der Waals surface area (Å²) in [5.74, 6) is -1.40. The molecule has 0 saturated carbocycles. The van der Waals surface area contributed by atoms with Crippen molar-refractivity contribution in [3.05, 3.63) is 93.9 Å². The number of aryl methyl sites for hydroxylation is 1. The van der Waals surface area contributed by atoms with Gasteiger partial charge in [-0.3, -0.25) is 9.59 Å². The van der Waals surface area contributed by atoms with Crippen LogP contribution in [0.25, 0.3) is 0 Å². The number of halogens is 1. The van der Waals surface area contributed by atoms with Gasteiger partial charge in [0, 0.05) is 27.1 Å². The summed E-state index contributed by atoms with van der Waals surface area (Å²) in [7, 11) is 1.51. The van der Waals surface area contributed by atoms with Crippen LogP contribution >= 0.6 is 15.9 Å². The molecular formula is C42H54BrNO12. The van der Waals surface area contributed by atoms with Crippen molar-refractivity contribution < 1.29 is 57.1 Å². The van der Waals surface area contributed by atoms with Gasteiger partial charge in [0.15, 0.2) is 12.4 Å². The normalized spacial score (nSPS) is 24.5. The van der Waals surface area contributed by atoms with Crippen LogP contribution in [0.4, 0.5) is 4.79 Å². The van der Waals surface area contributed by atoms with Crippen molar-refractivity contribution >= 4 is 33.9 Å². The molecule has 14 heteroatoms. The number of nitrogens with zero attached hydrogens (tertiary/aromatic N) is 1. The fourth-order valence-corrected chi connectivity index (χ4v) is 8.03. The van der Waals surface area contributed by atoms with Gasteiger partial charge in [0.05, 0.1) is 36.3 Å². The van der Waals surface area contributed by atoms with Gasteiger partial charge < -0.3 is 42.7 Å². The van der Waals surface area contributed by atoms with E-state index in [-0.39, 0.29) is 38.1 Å². The van der Waals surface area contributed by atoms with Gasteiger partial charge in [-0.2, -0.15) is 0 Å². The predicted octanol–water partition coefficient (Wildman–Crippen LogP) is 6.92. The Labute approximate surface area is 337 Å². The van der Waals surface area contributed by atoms with E-state index in [2.05, 4.69) is 15.9 Å². The maximum atomic E-state index is 13.9. The lowest BCUT2D eigenvalue weighted by molar-refractivity contribution is -0.319. The summed E-state index contributed by atoms with van der Waals surface area (Å²) in [5.41, 5.74) is 1.02. The third kappa shape index (κ3) is 10.5. The maximum Gasteiger partial charge on any atom is 0.417 e. The van der Waals surface area contributed by atoms with Crippen LogP contribution in [0, 0.1) is 11.8 Å². The molecule has 0 spiro atoms. The minimum atomic E-state index is -1.11. The van der Waals surface area contributed by atoms with Crippen molar-refractivity contribution in [2.24, 2.45) is 11.8 Å². The van der Waals surface area contributed by atoms with Crippen LogP contribution in [0.3, 0.4) is 0 Å². The molecule has 0 bridgehead atoms. The number of amides is 2. The summed E-state index contributed by atoms with van der Waals surface area (Å²) in [4.78, 5) is 40.3. The zero-order valence-corrected chi connectivity index (χ0v) is 34.6. The number of cyclic esters (lactones) is 1. The molecule has 1 aromatic heterocycles. The smallest absolute Gasteiger partial charge is 0.417 e. The average Bonchev–Trinajstić information content (AvgIpc) is 3.67. The van der Waals surface area contributed by atoms with Crippen LogP contribution in [-0.2, 0) is 62.4 Å². The summed E-state index contributed by atoms with van der Waals surface area (Å²) in [6, 6.07) is 20.6. The number of carbonyl (C=O) groups excluding carboxylic acids is 3. The van der Waals surface area contributed by atoms with Crippen molar-refractivity contribution in [3.8, 4) is 0 Å². The van der Waals surface area contributed by atoms with E-state index in [4.69, 9.17) is 37.6 Å². The van der Waals surface area contributed by atoms with E-state index in [1.807, 2.05) is 74.5 Å². The standard InChI is InChI=1S/C42H54BrNO12/c1-25(2)38-42(5,6)56-41(48)44(38)39(47)26(3)34(53-27(4)46)32-21-30(43)31(54-32)19-14-20-50-37-36(52-24-29-17-12-9-13-18-29)35(33(22-45)55-40(37)49-7)51-23-28-15-10-8-11-16-28/h8-13,15-18,21,25-26,33-38,40,45H,14,19-20,22-24H2,1-7H3/t26-,33-,34-,35-,36+,37+,38-,40+/m1/s1. The van der Waals surface area contributed by atoms with E-state index in [0.29, 0.717) is 23.1 Å². The Hall–Kier alpha value is -3.63. The number of carbonyl (C=O) groups is 3. The zero-order valence-electron chi connectivity index (χ0n) is 33.1. The third-order valence-corrected chi connectivity index (χ3v) is 10.7. The van der Waals surface area contributed by atoms with E-state index in [9.17, 15) is 19.5 Å². The molecule has 13 nitrogen and oxygen atoms in total. The summed E-state index contributed by atoms with van der Waals surface area (Å²) < 4.78 is 49.3. The van der Waals surface area contributed by atoms with E-state index in [1.54, 1.807) is 26.8 Å². The van der Waals surface area contributed by atoms with Gasteiger partial charge in [0.2, 0.25) is 5.91 Å². The molecule has 306 valence electrons. The molecule has 3 aromatic rings. The number of methoxy groups -OCH3 is 1. The lowest BCUT2D eigenvalue weighted by atomic mass is 9.88. The minimum Gasteiger partial charge on any atom is -0.461 e. The Morgan fingerprint density at radius 3 is 2.09 bits per heavy atom. The number of hydrogen-bond acceptors (Lipinski definition) is 12.